The first-order valence-corrected chi connectivity index (χ1v) is 9.19. The number of hydrogen-bond acceptors (Lipinski definition) is 4. The summed E-state index contributed by atoms with van der Waals surface area (Å²) in [6, 6.07) is 23.3. The van der Waals surface area contributed by atoms with Crippen molar-refractivity contribution in [2.24, 2.45) is 0 Å². The average molecular weight is 435 g/mol. The van der Waals surface area contributed by atoms with E-state index in [2.05, 4.69) is 22.0 Å². The third-order valence-electron chi connectivity index (χ3n) is 4.01. The summed E-state index contributed by atoms with van der Waals surface area (Å²) >= 11 is 3.40. The minimum atomic E-state index is -0.478. The number of non-ortho nitro benzene ring substituents is 1. The summed E-state index contributed by atoms with van der Waals surface area (Å²) in [5, 5.41) is 20.6. The molecule has 28 heavy (non-hydrogen) atoms. The maximum atomic E-state index is 11.0. The van der Waals surface area contributed by atoms with E-state index in [1.165, 1.54) is 12.1 Å². The van der Waals surface area contributed by atoms with Gasteiger partial charge in [-0.2, -0.15) is 5.26 Å². The number of nitriles is 1. The van der Waals surface area contributed by atoms with Crippen molar-refractivity contribution in [1.82, 2.24) is 0 Å². The fraction of sp³-hybridized carbons (Fsp3) is 0.0455. The molecule has 3 aromatic rings. The Kier molecular flexibility index (Phi) is 6.20. The number of rotatable bonds is 6. The molecule has 6 heteroatoms. The first-order valence-electron chi connectivity index (χ1n) is 8.40. The predicted molar refractivity (Wildman–Crippen MR) is 111 cm³/mol. The molecule has 0 N–H and O–H groups in total. The van der Waals surface area contributed by atoms with E-state index in [0.29, 0.717) is 23.5 Å². The van der Waals surface area contributed by atoms with Gasteiger partial charge in [0.05, 0.1) is 16.6 Å². The highest BCUT2D eigenvalue weighted by molar-refractivity contribution is 9.10. The van der Waals surface area contributed by atoms with Crippen LogP contribution >= 0.6 is 15.9 Å². The summed E-state index contributed by atoms with van der Waals surface area (Å²) in [4.78, 5) is 10.5. The second-order valence-corrected chi connectivity index (χ2v) is 6.85. The van der Waals surface area contributed by atoms with Crippen LogP contribution in [0.3, 0.4) is 0 Å². The summed E-state index contributed by atoms with van der Waals surface area (Å²) in [6.45, 7) is 0.386. The number of ether oxygens (including phenoxy) is 1. The molecule has 0 amide bonds. The average Bonchev–Trinajstić information content (AvgIpc) is 2.72. The molecule has 0 spiro atoms. The van der Waals surface area contributed by atoms with E-state index in [-0.39, 0.29) is 5.69 Å². The van der Waals surface area contributed by atoms with Crippen LogP contribution in [0.1, 0.15) is 16.7 Å². The summed E-state index contributed by atoms with van der Waals surface area (Å²) in [5.41, 5.74) is 2.49. The van der Waals surface area contributed by atoms with Gasteiger partial charge in [-0.25, -0.2) is 0 Å². The van der Waals surface area contributed by atoms with Gasteiger partial charge in [0, 0.05) is 22.2 Å². The summed E-state index contributed by atoms with van der Waals surface area (Å²) < 4.78 is 6.92. The number of halogens is 1. The van der Waals surface area contributed by atoms with Crippen LogP contribution < -0.4 is 4.74 Å². The third kappa shape index (κ3) is 4.84. The molecule has 0 fully saturated rings. The largest absolute Gasteiger partial charge is 0.488 e. The molecule has 138 valence electrons. The van der Waals surface area contributed by atoms with Crippen molar-refractivity contribution in [2.45, 2.75) is 6.61 Å². The quantitative estimate of drug-likeness (QED) is 0.206. The molecule has 0 heterocycles. The zero-order chi connectivity index (χ0) is 19.9. The maximum absolute atomic E-state index is 11.0. The number of hydrogen-bond donors (Lipinski definition) is 0. The van der Waals surface area contributed by atoms with E-state index < -0.39 is 4.92 Å². The van der Waals surface area contributed by atoms with Gasteiger partial charge in [-0.1, -0.05) is 58.4 Å². The Morgan fingerprint density at radius 3 is 2.57 bits per heavy atom. The zero-order valence-electron chi connectivity index (χ0n) is 14.7. The number of nitro groups is 1. The van der Waals surface area contributed by atoms with Gasteiger partial charge in [0.15, 0.2) is 0 Å². The molecule has 0 saturated carbocycles. The number of nitro benzene ring substituents is 1. The first kappa shape index (κ1) is 19.3. The predicted octanol–water partition coefficient (Wildman–Crippen LogP) is 6.00. The van der Waals surface area contributed by atoms with E-state index in [4.69, 9.17) is 4.74 Å². The van der Waals surface area contributed by atoms with Crippen molar-refractivity contribution in [3.8, 4) is 11.8 Å². The fourth-order valence-corrected chi connectivity index (χ4v) is 2.86. The highest BCUT2D eigenvalue weighted by Gasteiger charge is 2.10. The Morgan fingerprint density at radius 2 is 1.86 bits per heavy atom. The monoisotopic (exact) mass is 434 g/mol. The van der Waals surface area contributed by atoms with Crippen molar-refractivity contribution in [3.63, 3.8) is 0 Å². The molecule has 3 rings (SSSR count). The van der Waals surface area contributed by atoms with Gasteiger partial charge in [-0.15, -0.1) is 0 Å². The van der Waals surface area contributed by atoms with Crippen LogP contribution in [0.15, 0.2) is 77.3 Å². The Labute approximate surface area is 170 Å². The molecule has 5 nitrogen and oxygen atoms in total. The standard InChI is InChI=1S/C22H15BrN2O3/c23-20-10-8-16(9-11-20)15-28-22-7-2-1-4-18(22)12-19(14-24)17-5-3-6-21(13-17)25(26)27/h1-13H,15H2. The van der Waals surface area contributed by atoms with Crippen molar-refractivity contribution in [3.05, 3.63) is 104 Å². The van der Waals surface area contributed by atoms with Crippen LogP contribution in [0.4, 0.5) is 5.69 Å². The normalized spacial score (nSPS) is 10.9. The van der Waals surface area contributed by atoms with Gasteiger partial charge in [0.1, 0.15) is 12.4 Å². The van der Waals surface area contributed by atoms with Crippen LogP contribution in [-0.4, -0.2) is 4.92 Å². The van der Waals surface area contributed by atoms with Gasteiger partial charge in [-0.3, -0.25) is 10.1 Å². The minimum Gasteiger partial charge on any atom is -0.488 e. The highest BCUT2D eigenvalue weighted by atomic mass is 79.9. The Hall–Kier alpha value is -3.43. The lowest BCUT2D eigenvalue weighted by Crippen LogP contribution is -1.97. The van der Waals surface area contributed by atoms with Crippen LogP contribution in [0.25, 0.3) is 11.6 Å². The zero-order valence-corrected chi connectivity index (χ0v) is 16.3. The van der Waals surface area contributed by atoms with E-state index >= 15 is 0 Å². The molecule has 0 saturated heterocycles. The molecule has 0 radical (unpaired) electrons. The Balaban J connectivity index is 1.88. The number of benzene rings is 3. The molecule has 0 aliphatic rings. The SMILES string of the molecule is N#CC(=Cc1ccccc1OCc1ccc(Br)cc1)c1cccc([N+](=O)[O-])c1. The first-order chi connectivity index (χ1) is 13.6. The highest BCUT2D eigenvalue weighted by Crippen LogP contribution is 2.27. The van der Waals surface area contributed by atoms with Crippen molar-refractivity contribution in [2.75, 3.05) is 0 Å². The topological polar surface area (TPSA) is 76.2 Å². The van der Waals surface area contributed by atoms with Crippen LogP contribution in [0.2, 0.25) is 0 Å². The maximum Gasteiger partial charge on any atom is 0.270 e. The summed E-state index contributed by atoms with van der Waals surface area (Å²) in [7, 11) is 0. The van der Waals surface area contributed by atoms with Crippen molar-refractivity contribution in [1.29, 1.82) is 5.26 Å². The van der Waals surface area contributed by atoms with Crippen molar-refractivity contribution >= 4 is 33.3 Å². The fourth-order valence-electron chi connectivity index (χ4n) is 2.60. The third-order valence-corrected chi connectivity index (χ3v) is 4.54. The number of para-hydroxylation sites is 1. The van der Waals surface area contributed by atoms with E-state index in [1.54, 1.807) is 18.2 Å². The lowest BCUT2D eigenvalue weighted by atomic mass is 10.0. The summed E-state index contributed by atoms with van der Waals surface area (Å²) in [6.07, 6.45) is 1.68. The molecule has 0 aromatic heterocycles. The molecule has 0 atom stereocenters. The van der Waals surface area contributed by atoms with E-state index in [9.17, 15) is 15.4 Å². The minimum absolute atomic E-state index is 0.0570. The summed E-state index contributed by atoms with van der Waals surface area (Å²) in [5.74, 6) is 0.628. The van der Waals surface area contributed by atoms with E-state index in [0.717, 1.165) is 15.6 Å². The molecule has 0 aliphatic carbocycles. The Morgan fingerprint density at radius 1 is 1.11 bits per heavy atom. The lowest BCUT2D eigenvalue weighted by Gasteiger charge is -2.10. The molecular weight excluding hydrogens is 420 g/mol. The van der Waals surface area contributed by atoms with Crippen LogP contribution in [0.5, 0.6) is 5.75 Å². The van der Waals surface area contributed by atoms with Gasteiger partial charge < -0.3 is 4.74 Å². The molecule has 0 bridgehead atoms. The molecule has 0 aliphatic heterocycles. The van der Waals surface area contributed by atoms with E-state index in [1.807, 2.05) is 48.5 Å². The molecule has 0 unspecified atom stereocenters. The molecule has 3 aromatic carbocycles. The van der Waals surface area contributed by atoms with Gasteiger partial charge in [0.2, 0.25) is 0 Å². The number of allylic oxidation sites excluding steroid dienone is 1. The van der Waals surface area contributed by atoms with Gasteiger partial charge in [0.25, 0.3) is 5.69 Å². The van der Waals surface area contributed by atoms with Gasteiger partial charge in [-0.05, 0) is 35.4 Å². The van der Waals surface area contributed by atoms with Crippen LogP contribution in [0, 0.1) is 21.4 Å². The molecular formula is C22H15BrN2O3. The van der Waals surface area contributed by atoms with Crippen molar-refractivity contribution < 1.29 is 9.66 Å². The number of nitrogens with zero attached hydrogens (tertiary/aromatic N) is 2. The van der Waals surface area contributed by atoms with Gasteiger partial charge >= 0.3 is 0 Å². The smallest absolute Gasteiger partial charge is 0.270 e. The second kappa shape index (κ2) is 8.98. The van der Waals surface area contributed by atoms with Crippen LogP contribution in [-0.2, 0) is 6.61 Å². The lowest BCUT2D eigenvalue weighted by molar-refractivity contribution is -0.384. The second-order valence-electron chi connectivity index (χ2n) is 5.93. The Bertz CT molecular complexity index is 1070.